The molecule has 1 saturated heterocycles. The maximum Gasteiger partial charge on any atom is 0.126 e. The molecule has 15 heavy (non-hydrogen) atoms. The monoisotopic (exact) mass is 225 g/mol. The van der Waals surface area contributed by atoms with Gasteiger partial charge in [-0.2, -0.15) is 11.8 Å². The zero-order chi connectivity index (χ0) is 10.7. The van der Waals surface area contributed by atoms with E-state index in [4.69, 9.17) is 0 Å². The quantitative estimate of drug-likeness (QED) is 0.849. The first-order valence-electron chi connectivity index (χ1n) is 5.32. The highest BCUT2D eigenvalue weighted by Gasteiger charge is 2.14. The molecule has 0 spiro atoms. The molecule has 1 aromatic carbocycles. The van der Waals surface area contributed by atoms with Gasteiger partial charge in [-0.05, 0) is 36.3 Å². The summed E-state index contributed by atoms with van der Waals surface area (Å²) in [4.78, 5) is 0. The van der Waals surface area contributed by atoms with Crippen LogP contribution in [-0.4, -0.2) is 17.5 Å². The fourth-order valence-electron chi connectivity index (χ4n) is 1.70. The van der Waals surface area contributed by atoms with E-state index in [0.29, 0.717) is 6.04 Å². The van der Waals surface area contributed by atoms with Gasteiger partial charge in [0.2, 0.25) is 0 Å². The molecular weight excluding hydrogens is 209 g/mol. The topological polar surface area (TPSA) is 12.0 Å². The fraction of sp³-hybridized carbons (Fsp3) is 0.500. The molecule has 0 radical (unpaired) electrons. The number of rotatable bonds is 3. The summed E-state index contributed by atoms with van der Waals surface area (Å²) >= 11 is 1.99. The minimum absolute atomic E-state index is 0.102. The Balaban J connectivity index is 1.90. The van der Waals surface area contributed by atoms with Crippen LogP contribution in [-0.2, 0) is 6.54 Å². The first-order chi connectivity index (χ1) is 7.25. The third-order valence-electron chi connectivity index (χ3n) is 2.76. The maximum atomic E-state index is 13.2. The van der Waals surface area contributed by atoms with Crippen molar-refractivity contribution in [2.45, 2.75) is 25.9 Å². The van der Waals surface area contributed by atoms with Crippen LogP contribution in [0.1, 0.15) is 17.5 Å². The van der Waals surface area contributed by atoms with Crippen molar-refractivity contribution in [2.24, 2.45) is 0 Å². The molecule has 1 aromatic rings. The number of nitrogens with one attached hydrogen (secondary N) is 1. The lowest BCUT2D eigenvalue weighted by Gasteiger charge is -2.11. The molecule has 1 unspecified atom stereocenters. The lowest BCUT2D eigenvalue weighted by molar-refractivity contribution is 0.553. The molecule has 1 heterocycles. The van der Waals surface area contributed by atoms with E-state index < -0.39 is 0 Å². The predicted octanol–water partition coefficient (Wildman–Crippen LogP) is 2.73. The predicted molar refractivity (Wildman–Crippen MR) is 63.7 cm³/mol. The van der Waals surface area contributed by atoms with Crippen LogP contribution in [0.25, 0.3) is 0 Å². The molecule has 0 aromatic heterocycles. The average molecular weight is 225 g/mol. The van der Waals surface area contributed by atoms with Crippen LogP contribution in [0, 0.1) is 12.7 Å². The average Bonchev–Trinajstić information content (AvgIpc) is 2.73. The van der Waals surface area contributed by atoms with Crippen LogP contribution in [0.15, 0.2) is 18.2 Å². The van der Waals surface area contributed by atoms with Gasteiger partial charge < -0.3 is 5.32 Å². The van der Waals surface area contributed by atoms with E-state index in [2.05, 4.69) is 5.32 Å². The molecule has 0 bridgehead atoms. The molecule has 3 heteroatoms. The van der Waals surface area contributed by atoms with Crippen LogP contribution in [0.5, 0.6) is 0 Å². The Labute approximate surface area is 94.5 Å². The summed E-state index contributed by atoms with van der Waals surface area (Å²) < 4.78 is 13.2. The SMILES string of the molecule is Cc1ccc(CNC2CCSC2)cc1F. The molecule has 0 saturated carbocycles. The highest BCUT2D eigenvalue weighted by Crippen LogP contribution is 2.17. The van der Waals surface area contributed by atoms with E-state index in [1.165, 1.54) is 17.9 Å². The van der Waals surface area contributed by atoms with Gasteiger partial charge in [-0.25, -0.2) is 4.39 Å². The van der Waals surface area contributed by atoms with E-state index in [1.807, 2.05) is 23.9 Å². The van der Waals surface area contributed by atoms with Crippen molar-refractivity contribution in [3.63, 3.8) is 0 Å². The number of benzene rings is 1. The Morgan fingerprint density at radius 2 is 2.40 bits per heavy atom. The van der Waals surface area contributed by atoms with Gasteiger partial charge in [-0.15, -0.1) is 0 Å². The van der Waals surface area contributed by atoms with E-state index in [9.17, 15) is 4.39 Å². The second kappa shape index (κ2) is 4.99. The zero-order valence-electron chi connectivity index (χ0n) is 8.92. The summed E-state index contributed by atoms with van der Waals surface area (Å²) in [7, 11) is 0. The van der Waals surface area contributed by atoms with Gasteiger partial charge in [-0.3, -0.25) is 0 Å². The number of thioether (sulfide) groups is 1. The Morgan fingerprint density at radius 3 is 3.07 bits per heavy atom. The van der Waals surface area contributed by atoms with Crippen molar-refractivity contribution >= 4 is 11.8 Å². The van der Waals surface area contributed by atoms with Crippen molar-refractivity contribution in [1.29, 1.82) is 0 Å². The van der Waals surface area contributed by atoms with Crippen molar-refractivity contribution in [1.82, 2.24) is 5.32 Å². The molecule has 1 aliphatic rings. The summed E-state index contributed by atoms with van der Waals surface area (Å²) in [6.45, 7) is 2.57. The summed E-state index contributed by atoms with van der Waals surface area (Å²) in [6.07, 6.45) is 1.24. The van der Waals surface area contributed by atoms with Gasteiger partial charge >= 0.3 is 0 Å². The molecule has 0 aliphatic carbocycles. The molecule has 0 amide bonds. The van der Waals surface area contributed by atoms with E-state index in [1.54, 1.807) is 13.0 Å². The number of hydrogen-bond acceptors (Lipinski definition) is 2. The second-order valence-corrected chi connectivity index (χ2v) is 5.17. The molecule has 1 fully saturated rings. The second-order valence-electron chi connectivity index (χ2n) is 4.02. The first kappa shape index (κ1) is 11.0. The Morgan fingerprint density at radius 1 is 1.53 bits per heavy atom. The lowest BCUT2D eigenvalue weighted by Crippen LogP contribution is -2.27. The van der Waals surface area contributed by atoms with Crippen LogP contribution >= 0.6 is 11.8 Å². The third kappa shape index (κ3) is 2.95. The summed E-state index contributed by atoms with van der Waals surface area (Å²) in [6, 6.07) is 6.08. The van der Waals surface area contributed by atoms with Crippen LogP contribution in [0.4, 0.5) is 4.39 Å². The Kier molecular flexibility index (Phi) is 3.65. The molecule has 1 aliphatic heterocycles. The Bertz CT molecular complexity index is 334. The summed E-state index contributed by atoms with van der Waals surface area (Å²) in [5, 5.41) is 3.46. The lowest BCUT2D eigenvalue weighted by atomic mass is 10.1. The van der Waals surface area contributed by atoms with Crippen LogP contribution in [0.2, 0.25) is 0 Å². The van der Waals surface area contributed by atoms with Crippen LogP contribution in [0.3, 0.4) is 0 Å². The highest BCUT2D eigenvalue weighted by atomic mass is 32.2. The van der Waals surface area contributed by atoms with Gasteiger partial charge in [-0.1, -0.05) is 12.1 Å². The van der Waals surface area contributed by atoms with Gasteiger partial charge in [0.25, 0.3) is 0 Å². The molecule has 1 nitrogen and oxygen atoms in total. The van der Waals surface area contributed by atoms with E-state index in [0.717, 1.165) is 17.7 Å². The number of halogens is 1. The summed E-state index contributed by atoms with van der Waals surface area (Å²) in [5.41, 5.74) is 1.75. The van der Waals surface area contributed by atoms with Gasteiger partial charge in [0.1, 0.15) is 5.82 Å². The van der Waals surface area contributed by atoms with E-state index >= 15 is 0 Å². The number of hydrogen-bond donors (Lipinski definition) is 1. The smallest absolute Gasteiger partial charge is 0.126 e. The molecule has 1 atom stereocenters. The first-order valence-corrected chi connectivity index (χ1v) is 6.47. The normalized spacial score (nSPS) is 20.8. The van der Waals surface area contributed by atoms with E-state index in [-0.39, 0.29) is 5.82 Å². The van der Waals surface area contributed by atoms with Gasteiger partial charge in [0.05, 0.1) is 0 Å². The Hall–Kier alpha value is -0.540. The minimum atomic E-state index is -0.102. The molecule has 2 rings (SSSR count). The third-order valence-corrected chi connectivity index (χ3v) is 3.92. The van der Waals surface area contributed by atoms with Crippen molar-refractivity contribution in [2.75, 3.05) is 11.5 Å². The van der Waals surface area contributed by atoms with Crippen molar-refractivity contribution in [3.8, 4) is 0 Å². The highest BCUT2D eigenvalue weighted by molar-refractivity contribution is 7.99. The molecular formula is C12H16FNS. The van der Waals surface area contributed by atoms with Crippen molar-refractivity contribution in [3.05, 3.63) is 35.1 Å². The number of aryl methyl sites for hydroxylation is 1. The minimum Gasteiger partial charge on any atom is -0.309 e. The van der Waals surface area contributed by atoms with Gasteiger partial charge in [0.15, 0.2) is 0 Å². The standard InChI is InChI=1S/C12H16FNS/c1-9-2-3-10(6-12(9)13)7-14-11-4-5-15-8-11/h2-3,6,11,14H,4-5,7-8H2,1H3. The summed E-state index contributed by atoms with van der Waals surface area (Å²) in [5.74, 6) is 2.34. The molecule has 1 N–H and O–H groups in total. The maximum absolute atomic E-state index is 13.2. The fourth-order valence-corrected chi connectivity index (χ4v) is 2.89. The molecule has 82 valence electrons. The van der Waals surface area contributed by atoms with Crippen molar-refractivity contribution < 1.29 is 4.39 Å². The zero-order valence-corrected chi connectivity index (χ0v) is 9.74. The largest absolute Gasteiger partial charge is 0.309 e. The van der Waals surface area contributed by atoms with Crippen LogP contribution < -0.4 is 5.32 Å². The van der Waals surface area contributed by atoms with Gasteiger partial charge in [0, 0.05) is 18.3 Å².